The lowest BCUT2D eigenvalue weighted by Gasteiger charge is -2.28. The first-order valence-electron chi connectivity index (χ1n) is 16.7. The Morgan fingerprint density at radius 2 is 1.47 bits per heavy atom. The zero-order valence-electron chi connectivity index (χ0n) is 28.7. The van der Waals surface area contributed by atoms with Crippen molar-refractivity contribution in [3.05, 3.63) is 106 Å². The molecule has 49 heavy (non-hydrogen) atoms. The number of rotatable bonds is 19. The third-order valence-corrected chi connectivity index (χ3v) is 10.6. The highest BCUT2D eigenvalue weighted by atomic mass is 35.5. The van der Waals surface area contributed by atoms with Gasteiger partial charge in [-0.3, -0.25) is 9.59 Å². The minimum Gasteiger partial charge on any atom is -0.390 e. The summed E-state index contributed by atoms with van der Waals surface area (Å²) in [5.41, 5.74) is 3.40. The molecule has 0 aliphatic heterocycles. The smallest absolute Gasteiger partial charge is 0.251 e. The van der Waals surface area contributed by atoms with Crippen molar-refractivity contribution in [3.8, 4) is 0 Å². The van der Waals surface area contributed by atoms with E-state index < -0.39 is 62.5 Å². The van der Waals surface area contributed by atoms with E-state index in [1.54, 1.807) is 31.2 Å². The van der Waals surface area contributed by atoms with Gasteiger partial charge in [0.1, 0.15) is 17.7 Å². The molecule has 4 N–H and O–H groups in total. The molecule has 0 saturated carbocycles. The van der Waals surface area contributed by atoms with Gasteiger partial charge in [-0.1, -0.05) is 75.6 Å². The molecule has 0 aliphatic carbocycles. The van der Waals surface area contributed by atoms with Crippen LogP contribution in [0.1, 0.15) is 79.1 Å². The molecule has 3 aromatic rings. The Morgan fingerprint density at radius 1 is 0.837 bits per heavy atom. The van der Waals surface area contributed by atoms with Crippen molar-refractivity contribution in [3.63, 3.8) is 0 Å². The molecule has 0 unspecified atom stereocenters. The van der Waals surface area contributed by atoms with Gasteiger partial charge >= 0.3 is 0 Å². The van der Waals surface area contributed by atoms with Crippen molar-refractivity contribution < 1.29 is 31.9 Å². The van der Waals surface area contributed by atoms with Crippen LogP contribution in [0.4, 0.5) is 8.78 Å². The van der Waals surface area contributed by atoms with Crippen LogP contribution in [0, 0.1) is 18.6 Å². The first-order valence-corrected chi connectivity index (χ1v) is 18.4. The van der Waals surface area contributed by atoms with Crippen LogP contribution in [0.3, 0.4) is 0 Å². The molecule has 0 aliphatic rings. The average Bonchev–Trinajstić information content (AvgIpc) is 3.03. The van der Waals surface area contributed by atoms with Crippen molar-refractivity contribution in [2.24, 2.45) is 0 Å². The highest BCUT2D eigenvalue weighted by molar-refractivity contribution is 7.92. The van der Waals surface area contributed by atoms with E-state index in [0.717, 1.165) is 41.3 Å². The third kappa shape index (κ3) is 13.5. The first-order chi connectivity index (χ1) is 22.8. The van der Waals surface area contributed by atoms with Gasteiger partial charge in [-0.25, -0.2) is 17.2 Å². The summed E-state index contributed by atoms with van der Waals surface area (Å²) < 4.78 is 55.5. The number of aliphatic hydroxyl groups excluding tert-OH is 1. The fraction of sp³-hybridized carbons (Fsp3) is 0.459. The van der Waals surface area contributed by atoms with Crippen LogP contribution in [0.5, 0.6) is 0 Å². The Balaban J connectivity index is 0.00000833. The second-order valence-electron chi connectivity index (χ2n) is 12.4. The van der Waals surface area contributed by atoms with Crippen LogP contribution < -0.4 is 16.0 Å². The Labute approximate surface area is 295 Å². The van der Waals surface area contributed by atoms with E-state index in [1.807, 2.05) is 38.1 Å². The van der Waals surface area contributed by atoms with Crippen LogP contribution >= 0.6 is 12.4 Å². The van der Waals surface area contributed by atoms with E-state index in [2.05, 4.69) is 22.9 Å². The molecule has 12 heteroatoms. The number of carbonyl (C=O) groups is 2. The lowest BCUT2D eigenvalue weighted by molar-refractivity contribution is -0.124. The fourth-order valence-corrected chi connectivity index (χ4v) is 7.90. The quantitative estimate of drug-likeness (QED) is 0.128. The number of halogens is 3. The molecule has 3 rings (SSSR count). The van der Waals surface area contributed by atoms with Crippen molar-refractivity contribution in [2.75, 3.05) is 12.3 Å². The SMILES string of the molecule is CCCC(CCC)S(=O)(=O)C[C@H](NC(=O)c1cccc(C)c1)C(=O)N[C@@H](Cc1cc(F)cc(F)c1)[C@H](O)CNCc1cccc(CC)c1.Cl. The van der Waals surface area contributed by atoms with Crippen LogP contribution in [-0.4, -0.2) is 61.1 Å². The van der Waals surface area contributed by atoms with Crippen molar-refractivity contribution in [2.45, 2.75) is 96.2 Å². The van der Waals surface area contributed by atoms with Crippen LogP contribution in [-0.2, 0) is 34.0 Å². The minimum atomic E-state index is -3.85. The summed E-state index contributed by atoms with van der Waals surface area (Å²) in [6, 6.07) is 15.0. The average molecular weight is 722 g/mol. The highest BCUT2D eigenvalue weighted by Gasteiger charge is 2.34. The zero-order chi connectivity index (χ0) is 35.3. The van der Waals surface area contributed by atoms with Crippen molar-refractivity contribution in [1.29, 1.82) is 0 Å². The summed E-state index contributed by atoms with van der Waals surface area (Å²) in [7, 11) is -3.85. The van der Waals surface area contributed by atoms with Gasteiger partial charge in [-0.2, -0.15) is 0 Å². The van der Waals surface area contributed by atoms with Crippen molar-refractivity contribution >= 4 is 34.1 Å². The Hall–Kier alpha value is -3.38. The summed E-state index contributed by atoms with van der Waals surface area (Å²) in [6.45, 7) is 8.06. The molecule has 0 fully saturated rings. The van der Waals surface area contributed by atoms with E-state index in [1.165, 1.54) is 0 Å². The normalized spacial score (nSPS) is 13.3. The van der Waals surface area contributed by atoms with Gasteiger partial charge in [0.25, 0.3) is 5.91 Å². The van der Waals surface area contributed by atoms with Gasteiger partial charge in [0.2, 0.25) is 5.91 Å². The zero-order valence-corrected chi connectivity index (χ0v) is 30.3. The van der Waals surface area contributed by atoms with Crippen LogP contribution in [0.2, 0.25) is 0 Å². The van der Waals surface area contributed by atoms with E-state index >= 15 is 0 Å². The standard InChI is InChI=1S/C37H49F2N3O5S.ClH/c1-5-10-32(11-6-2)48(46,47)24-34(42-36(44)29-15-8-12-25(4)16-29)37(45)41-33(20-28-18-30(38)21-31(39)19-28)35(43)23-40-22-27-14-9-13-26(7-3)17-27;/h8-9,12-19,21,32-35,40,43H,5-7,10-11,20,22-24H2,1-4H3,(H,41,45)(H,42,44);1H/t33-,34-,35+;/m0./s1. The Kier molecular flexibility index (Phi) is 17.3. The molecule has 0 radical (unpaired) electrons. The molecular weight excluding hydrogens is 672 g/mol. The number of nitrogens with one attached hydrogen (secondary N) is 3. The molecule has 2 amide bonds. The summed E-state index contributed by atoms with van der Waals surface area (Å²) in [6.07, 6.45) is 1.55. The topological polar surface area (TPSA) is 125 Å². The lowest BCUT2D eigenvalue weighted by atomic mass is 10.00. The summed E-state index contributed by atoms with van der Waals surface area (Å²) >= 11 is 0. The first kappa shape index (κ1) is 41.8. The highest BCUT2D eigenvalue weighted by Crippen LogP contribution is 2.18. The van der Waals surface area contributed by atoms with Crippen LogP contribution in [0.15, 0.2) is 66.7 Å². The maximum absolute atomic E-state index is 14.1. The number of aliphatic hydroxyl groups is 1. The molecule has 0 saturated heterocycles. The molecule has 0 spiro atoms. The molecule has 3 atom stereocenters. The second kappa shape index (κ2) is 20.3. The monoisotopic (exact) mass is 721 g/mol. The predicted octanol–water partition coefficient (Wildman–Crippen LogP) is 5.62. The van der Waals surface area contributed by atoms with E-state index in [0.29, 0.717) is 32.2 Å². The number of benzene rings is 3. The van der Waals surface area contributed by atoms with E-state index in [4.69, 9.17) is 0 Å². The molecule has 270 valence electrons. The van der Waals surface area contributed by atoms with E-state index in [9.17, 15) is 31.9 Å². The molecule has 0 heterocycles. The maximum atomic E-state index is 14.1. The fourth-order valence-electron chi connectivity index (χ4n) is 5.74. The summed E-state index contributed by atoms with van der Waals surface area (Å²) in [5, 5.41) is 19.1. The third-order valence-electron chi connectivity index (χ3n) is 8.28. The van der Waals surface area contributed by atoms with Gasteiger partial charge < -0.3 is 21.1 Å². The minimum absolute atomic E-state index is 0. The van der Waals surface area contributed by atoms with Crippen LogP contribution in [0.25, 0.3) is 0 Å². The largest absolute Gasteiger partial charge is 0.390 e. The number of carbonyl (C=O) groups excluding carboxylic acids is 2. The summed E-state index contributed by atoms with van der Waals surface area (Å²) in [5.74, 6) is -3.74. The molecule has 3 aromatic carbocycles. The lowest BCUT2D eigenvalue weighted by Crippen LogP contribution is -2.57. The number of amides is 2. The maximum Gasteiger partial charge on any atom is 0.251 e. The predicted molar refractivity (Wildman–Crippen MR) is 193 cm³/mol. The van der Waals surface area contributed by atoms with Gasteiger partial charge in [-0.15, -0.1) is 12.4 Å². The second-order valence-corrected chi connectivity index (χ2v) is 14.7. The van der Waals surface area contributed by atoms with E-state index in [-0.39, 0.29) is 36.5 Å². The summed E-state index contributed by atoms with van der Waals surface area (Å²) in [4.78, 5) is 27.2. The number of sulfone groups is 1. The Bertz CT molecular complexity index is 1600. The number of hydrogen-bond acceptors (Lipinski definition) is 6. The Morgan fingerprint density at radius 3 is 2.08 bits per heavy atom. The van der Waals surface area contributed by atoms with Gasteiger partial charge in [-0.05, 0) is 73.6 Å². The van der Waals surface area contributed by atoms with Gasteiger partial charge in [0.15, 0.2) is 9.84 Å². The van der Waals surface area contributed by atoms with Crippen molar-refractivity contribution in [1.82, 2.24) is 16.0 Å². The van der Waals surface area contributed by atoms with Gasteiger partial charge in [0.05, 0.1) is 23.1 Å². The molecular formula is C37H50ClF2N3O5S. The molecule has 0 bridgehead atoms. The molecule has 0 aromatic heterocycles. The molecule has 8 nitrogen and oxygen atoms in total. The number of hydrogen-bond donors (Lipinski definition) is 4. The van der Waals surface area contributed by atoms with Gasteiger partial charge in [0, 0.05) is 24.7 Å². The number of aryl methyl sites for hydroxylation is 2.